The van der Waals surface area contributed by atoms with Crippen LogP contribution in [0.5, 0.6) is 0 Å². The molecule has 0 radical (unpaired) electrons. The molecule has 108 valence electrons. The maximum Gasteiger partial charge on any atom is 0.0644 e. The van der Waals surface area contributed by atoms with Crippen molar-refractivity contribution < 1.29 is 0 Å². The van der Waals surface area contributed by atoms with E-state index in [1.807, 2.05) is 7.05 Å². The Kier molecular flexibility index (Phi) is 4.34. The zero-order chi connectivity index (χ0) is 14.2. The van der Waals surface area contributed by atoms with Crippen LogP contribution in [0.1, 0.15) is 69.1 Å². The third-order valence-electron chi connectivity index (χ3n) is 4.75. The molecule has 0 aromatic carbocycles. The summed E-state index contributed by atoms with van der Waals surface area (Å²) in [6, 6.07) is 0.974. The summed E-state index contributed by atoms with van der Waals surface area (Å²) in [5.74, 6) is 1.64. The van der Waals surface area contributed by atoms with Crippen LogP contribution in [0.3, 0.4) is 0 Å². The molecule has 1 heterocycles. The number of hydrogen-bond donors (Lipinski definition) is 1. The summed E-state index contributed by atoms with van der Waals surface area (Å²) in [7, 11) is 2.02. The lowest BCUT2D eigenvalue weighted by Gasteiger charge is -2.32. The summed E-state index contributed by atoms with van der Waals surface area (Å²) in [6.07, 6.45) is 3.93. The van der Waals surface area contributed by atoms with Crippen molar-refractivity contribution in [3.63, 3.8) is 0 Å². The highest BCUT2D eigenvalue weighted by Gasteiger charge is 2.28. The summed E-state index contributed by atoms with van der Waals surface area (Å²) < 4.78 is 2.31. The monoisotopic (exact) mass is 263 g/mol. The van der Waals surface area contributed by atoms with Gasteiger partial charge in [0.2, 0.25) is 0 Å². The molecule has 1 saturated carbocycles. The topological polar surface area (TPSA) is 29.9 Å². The van der Waals surface area contributed by atoms with Crippen molar-refractivity contribution >= 4 is 0 Å². The van der Waals surface area contributed by atoms with Gasteiger partial charge in [-0.1, -0.05) is 13.8 Å². The second kappa shape index (κ2) is 5.66. The molecule has 0 spiro atoms. The van der Waals surface area contributed by atoms with E-state index in [9.17, 15) is 0 Å². The maximum atomic E-state index is 4.85. The van der Waals surface area contributed by atoms with Gasteiger partial charge < -0.3 is 5.32 Å². The van der Waals surface area contributed by atoms with Gasteiger partial charge in [0.25, 0.3) is 0 Å². The highest BCUT2D eigenvalue weighted by Crippen LogP contribution is 2.37. The van der Waals surface area contributed by atoms with Crippen LogP contribution in [0.15, 0.2) is 0 Å². The van der Waals surface area contributed by atoms with Crippen LogP contribution in [0.4, 0.5) is 0 Å². The van der Waals surface area contributed by atoms with Gasteiger partial charge in [-0.3, -0.25) is 4.68 Å². The first kappa shape index (κ1) is 14.6. The van der Waals surface area contributed by atoms with Crippen LogP contribution in [0, 0.1) is 25.7 Å². The van der Waals surface area contributed by atoms with Gasteiger partial charge in [-0.25, -0.2) is 0 Å². The number of aryl methyl sites for hydroxylation is 1. The van der Waals surface area contributed by atoms with Gasteiger partial charge in [0.1, 0.15) is 0 Å². The molecule has 0 aliphatic heterocycles. The molecular weight excluding hydrogens is 234 g/mol. The van der Waals surface area contributed by atoms with Crippen molar-refractivity contribution in [2.24, 2.45) is 11.8 Å². The zero-order valence-electron chi connectivity index (χ0n) is 13.3. The first-order valence-corrected chi connectivity index (χ1v) is 7.66. The van der Waals surface area contributed by atoms with Crippen molar-refractivity contribution in [1.82, 2.24) is 15.1 Å². The molecule has 1 fully saturated rings. The van der Waals surface area contributed by atoms with E-state index in [1.165, 1.54) is 36.2 Å². The quantitative estimate of drug-likeness (QED) is 0.899. The largest absolute Gasteiger partial charge is 0.313 e. The molecule has 3 nitrogen and oxygen atoms in total. The molecule has 3 heteroatoms. The number of hydrogen-bond acceptors (Lipinski definition) is 2. The smallest absolute Gasteiger partial charge is 0.0644 e. The third kappa shape index (κ3) is 2.86. The van der Waals surface area contributed by atoms with Gasteiger partial charge in [0, 0.05) is 17.3 Å². The van der Waals surface area contributed by atoms with E-state index in [1.54, 1.807) is 0 Å². The predicted molar refractivity (Wildman–Crippen MR) is 80.4 cm³/mol. The van der Waals surface area contributed by atoms with E-state index in [0.29, 0.717) is 12.1 Å². The van der Waals surface area contributed by atoms with E-state index in [4.69, 9.17) is 5.10 Å². The van der Waals surface area contributed by atoms with Gasteiger partial charge >= 0.3 is 0 Å². The van der Waals surface area contributed by atoms with Crippen LogP contribution in [0.2, 0.25) is 0 Å². The molecule has 1 aliphatic rings. The summed E-state index contributed by atoms with van der Waals surface area (Å²) in [6.45, 7) is 11.3. The van der Waals surface area contributed by atoms with Gasteiger partial charge in [-0.15, -0.1) is 0 Å². The van der Waals surface area contributed by atoms with Crippen LogP contribution in [0.25, 0.3) is 0 Å². The van der Waals surface area contributed by atoms with Gasteiger partial charge in [-0.2, -0.15) is 5.10 Å². The minimum atomic E-state index is 0.382. The van der Waals surface area contributed by atoms with Crippen molar-refractivity contribution in [1.29, 1.82) is 0 Å². The van der Waals surface area contributed by atoms with E-state index in [-0.39, 0.29) is 0 Å². The highest BCUT2D eigenvalue weighted by atomic mass is 15.3. The van der Waals surface area contributed by atoms with Crippen molar-refractivity contribution in [2.45, 2.75) is 66.0 Å². The molecular formula is C16H29N3. The predicted octanol–water partition coefficient (Wildman–Crippen LogP) is 3.78. The van der Waals surface area contributed by atoms with Crippen LogP contribution < -0.4 is 5.32 Å². The molecule has 0 saturated heterocycles. The molecule has 2 rings (SSSR count). The Labute approximate surface area is 117 Å². The summed E-state index contributed by atoms with van der Waals surface area (Å²) in [5.41, 5.74) is 3.92. The molecule has 3 atom stereocenters. The Morgan fingerprint density at radius 2 is 1.74 bits per heavy atom. The molecule has 1 aromatic rings. The fraction of sp³-hybridized carbons (Fsp3) is 0.812. The Morgan fingerprint density at radius 1 is 1.16 bits per heavy atom. The fourth-order valence-electron chi connectivity index (χ4n) is 3.91. The number of aromatic nitrogens is 2. The first-order chi connectivity index (χ1) is 8.93. The van der Waals surface area contributed by atoms with Crippen LogP contribution in [-0.2, 0) is 0 Å². The number of nitrogens with one attached hydrogen (secondary N) is 1. The lowest BCUT2D eigenvalue weighted by Crippen LogP contribution is -2.24. The SMILES string of the molecule is CNC(C)c1c(C)nn(C2CC(C)CC(C)C2)c1C. The molecule has 19 heavy (non-hydrogen) atoms. The van der Waals surface area contributed by atoms with Gasteiger partial charge in [-0.05, 0) is 58.9 Å². The molecule has 0 bridgehead atoms. The highest BCUT2D eigenvalue weighted by molar-refractivity contribution is 5.28. The molecule has 1 N–H and O–H groups in total. The van der Waals surface area contributed by atoms with E-state index in [0.717, 1.165) is 11.8 Å². The van der Waals surface area contributed by atoms with Crippen LogP contribution >= 0.6 is 0 Å². The van der Waals surface area contributed by atoms with E-state index >= 15 is 0 Å². The zero-order valence-corrected chi connectivity index (χ0v) is 13.3. The second-order valence-corrected chi connectivity index (χ2v) is 6.61. The van der Waals surface area contributed by atoms with E-state index < -0.39 is 0 Å². The average molecular weight is 263 g/mol. The summed E-state index contributed by atoms with van der Waals surface area (Å²) in [4.78, 5) is 0. The van der Waals surface area contributed by atoms with Crippen LogP contribution in [-0.4, -0.2) is 16.8 Å². The number of rotatable bonds is 3. The van der Waals surface area contributed by atoms with Gasteiger partial charge in [0.05, 0.1) is 11.7 Å². The Hall–Kier alpha value is -0.830. The third-order valence-corrected chi connectivity index (χ3v) is 4.75. The Bertz CT molecular complexity index is 425. The summed E-state index contributed by atoms with van der Waals surface area (Å²) in [5, 5.41) is 8.19. The normalized spacial score (nSPS) is 29.5. The molecule has 0 amide bonds. The maximum absolute atomic E-state index is 4.85. The van der Waals surface area contributed by atoms with Gasteiger partial charge in [0.15, 0.2) is 0 Å². The molecule has 1 aromatic heterocycles. The first-order valence-electron chi connectivity index (χ1n) is 7.66. The minimum Gasteiger partial charge on any atom is -0.313 e. The van der Waals surface area contributed by atoms with Crippen molar-refractivity contribution in [2.75, 3.05) is 7.05 Å². The molecule has 3 unspecified atom stereocenters. The Morgan fingerprint density at radius 3 is 2.26 bits per heavy atom. The lowest BCUT2D eigenvalue weighted by atomic mass is 9.80. The lowest BCUT2D eigenvalue weighted by molar-refractivity contribution is 0.207. The molecule has 1 aliphatic carbocycles. The second-order valence-electron chi connectivity index (χ2n) is 6.61. The van der Waals surface area contributed by atoms with Crippen molar-refractivity contribution in [3.8, 4) is 0 Å². The van der Waals surface area contributed by atoms with Crippen molar-refractivity contribution in [3.05, 3.63) is 17.0 Å². The standard InChI is InChI=1S/C16H29N3/c1-10-7-11(2)9-15(8-10)19-14(5)16(12(3)17-6)13(4)18-19/h10-12,15,17H,7-9H2,1-6H3. The number of nitrogens with zero attached hydrogens (tertiary/aromatic N) is 2. The minimum absolute atomic E-state index is 0.382. The van der Waals surface area contributed by atoms with E-state index in [2.05, 4.69) is 44.6 Å². The fourth-order valence-corrected chi connectivity index (χ4v) is 3.91. The summed E-state index contributed by atoms with van der Waals surface area (Å²) >= 11 is 0. The average Bonchev–Trinajstić information content (AvgIpc) is 2.63. The Balaban J connectivity index is 2.30.